The number of hydrogen-bond acceptors (Lipinski definition) is 7. The highest BCUT2D eigenvalue weighted by atomic mass is 35.5. The average Bonchev–Trinajstić information content (AvgIpc) is 3.27. The van der Waals surface area contributed by atoms with Crippen LogP contribution in [0.15, 0.2) is 21.9 Å². The van der Waals surface area contributed by atoms with Crippen LogP contribution >= 0.6 is 23.4 Å². The Morgan fingerprint density at radius 2 is 1.88 bits per heavy atom. The first-order valence-corrected chi connectivity index (χ1v) is 11.9. The molecule has 1 amide bonds. The molecule has 0 atom stereocenters. The van der Waals surface area contributed by atoms with Gasteiger partial charge in [0.05, 0.1) is 16.3 Å². The first-order valence-electron chi connectivity index (χ1n) is 10.5. The number of nitrogens with zero attached hydrogens (tertiary/aromatic N) is 5. The smallest absolute Gasteiger partial charge is 0.416 e. The molecule has 1 aliphatic heterocycles. The van der Waals surface area contributed by atoms with Gasteiger partial charge in [-0.1, -0.05) is 42.6 Å². The number of amides is 1. The highest BCUT2D eigenvalue weighted by molar-refractivity contribution is 7.99. The van der Waals surface area contributed by atoms with Gasteiger partial charge in [-0.3, -0.25) is 4.79 Å². The zero-order valence-electron chi connectivity index (χ0n) is 17.3. The number of carbonyl (C=O) groups excluding carboxylic acids is 1. The number of aromatic nitrogens is 3. The van der Waals surface area contributed by atoms with E-state index in [0.717, 1.165) is 25.1 Å². The summed E-state index contributed by atoms with van der Waals surface area (Å²) in [5, 5.41) is 8.55. The first-order chi connectivity index (χ1) is 15.3. The summed E-state index contributed by atoms with van der Waals surface area (Å²) in [6.07, 6.45) is 2.00. The molecule has 2 aromatic heterocycles. The maximum atomic E-state index is 12.8. The highest BCUT2D eigenvalue weighted by Crippen LogP contribution is 2.34. The summed E-state index contributed by atoms with van der Waals surface area (Å²) in [6.45, 7) is 1.72. The number of halogens is 4. The van der Waals surface area contributed by atoms with Crippen molar-refractivity contribution < 1.29 is 22.4 Å². The summed E-state index contributed by atoms with van der Waals surface area (Å²) in [5.74, 6) is 1.40. The summed E-state index contributed by atoms with van der Waals surface area (Å²) >= 11 is 7.26. The molecule has 0 aromatic carbocycles. The van der Waals surface area contributed by atoms with Crippen molar-refractivity contribution in [3.05, 3.63) is 28.7 Å². The second-order valence-corrected chi connectivity index (χ2v) is 9.26. The number of rotatable bonds is 5. The Balaban J connectivity index is 1.26. The molecule has 3 heterocycles. The number of pyridine rings is 1. The molecule has 7 nitrogen and oxygen atoms in total. The molecule has 1 saturated carbocycles. The van der Waals surface area contributed by atoms with Gasteiger partial charge in [-0.25, -0.2) is 4.98 Å². The van der Waals surface area contributed by atoms with Gasteiger partial charge >= 0.3 is 6.18 Å². The lowest BCUT2D eigenvalue weighted by Gasteiger charge is -2.35. The van der Waals surface area contributed by atoms with E-state index < -0.39 is 11.7 Å². The number of hydrogen-bond donors (Lipinski definition) is 0. The Kier molecular flexibility index (Phi) is 7.14. The Morgan fingerprint density at radius 1 is 1.16 bits per heavy atom. The predicted octanol–water partition coefficient (Wildman–Crippen LogP) is 4.63. The van der Waals surface area contributed by atoms with Crippen LogP contribution in [0.5, 0.6) is 0 Å². The minimum Gasteiger partial charge on any atom is -0.416 e. The number of alkyl halides is 3. The van der Waals surface area contributed by atoms with Gasteiger partial charge in [0.25, 0.3) is 5.22 Å². The van der Waals surface area contributed by atoms with Crippen molar-refractivity contribution >= 4 is 35.1 Å². The first kappa shape index (κ1) is 23.2. The molecule has 0 bridgehead atoms. The molecule has 1 aliphatic carbocycles. The molecular formula is C20H23ClF3N5O2S. The average molecular weight is 490 g/mol. The molecular weight excluding hydrogens is 467 g/mol. The van der Waals surface area contributed by atoms with Crippen LogP contribution in [0.25, 0.3) is 0 Å². The minimum atomic E-state index is -4.49. The molecule has 0 radical (unpaired) electrons. The van der Waals surface area contributed by atoms with Crippen molar-refractivity contribution in [2.24, 2.45) is 0 Å². The summed E-state index contributed by atoms with van der Waals surface area (Å²) in [7, 11) is 0. The van der Waals surface area contributed by atoms with Gasteiger partial charge in [0.15, 0.2) is 0 Å². The Labute approximate surface area is 192 Å². The molecule has 2 aromatic rings. The number of piperazine rings is 1. The van der Waals surface area contributed by atoms with Crippen LogP contribution in [-0.2, 0) is 11.0 Å². The SMILES string of the molecule is O=C(CSc1nnc(C2CCCCC2)o1)N1CCN(c2ncc(C(F)(F)F)cc2Cl)CC1. The van der Waals surface area contributed by atoms with Crippen LogP contribution in [0.1, 0.15) is 49.5 Å². The number of carbonyl (C=O) groups is 1. The van der Waals surface area contributed by atoms with Gasteiger partial charge < -0.3 is 14.2 Å². The lowest BCUT2D eigenvalue weighted by Crippen LogP contribution is -2.49. The zero-order chi connectivity index (χ0) is 22.7. The van der Waals surface area contributed by atoms with E-state index in [4.69, 9.17) is 16.0 Å². The molecule has 0 N–H and O–H groups in total. The molecule has 0 unspecified atom stereocenters. The quantitative estimate of drug-likeness (QED) is 0.567. The largest absolute Gasteiger partial charge is 0.417 e. The summed E-state index contributed by atoms with van der Waals surface area (Å²) in [6, 6.07) is 0.879. The van der Waals surface area contributed by atoms with E-state index in [2.05, 4.69) is 15.2 Å². The highest BCUT2D eigenvalue weighted by Gasteiger charge is 2.32. The Morgan fingerprint density at radius 3 is 2.53 bits per heavy atom. The molecule has 0 spiro atoms. The molecule has 174 valence electrons. The van der Waals surface area contributed by atoms with E-state index in [9.17, 15) is 18.0 Å². The van der Waals surface area contributed by atoms with E-state index in [-0.39, 0.29) is 16.7 Å². The molecule has 2 aliphatic rings. The van der Waals surface area contributed by atoms with Crippen LogP contribution in [0, 0.1) is 0 Å². The van der Waals surface area contributed by atoms with E-state index in [0.29, 0.717) is 49.0 Å². The summed E-state index contributed by atoms with van der Waals surface area (Å²) in [4.78, 5) is 20.0. The van der Waals surface area contributed by atoms with E-state index in [1.807, 2.05) is 0 Å². The van der Waals surface area contributed by atoms with E-state index >= 15 is 0 Å². The van der Waals surface area contributed by atoms with Crippen molar-refractivity contribution in [2.45, 2.75) is 49.4 Å². The van der Waals surface area contributed by atoms with Crippen LogP contribution in [0.4, 0.5) is 19.0 Å². The molecule has 12 heteroatoms. The molecule has 32 heavy (non-hydrogen) atoms. The fourth-order valence-corrected chi connectivity index (χ4v) is 4.95. The van der Waals surface area contributed by atoms with Gasteiger partial charge in [0, 0.05) is 38.3 Å². The third-order valence-electron chi connectivity index (χ3n) is 5.78. The van der Waals surface area contributed by atoms with Gasteiger partial charge in [-0.15, -0.1) is 10.2 Å². The second-order valence-electron chi connectivity index (χ2n) is 7.92. The third-order valence-corrected chi connectivity index (χ3v) is 6.86. The van der Waals surface area contributed by atoms with E-state index in [1.54, 1.807) is 9.80 Å². The maximum Gasteiger partial charge on any atom is 0.417 e. The van der Waals surface area contributed by atoms with Crippen molar-refractivity contribution in [3.8, 4) is 0 Å². The standard InChI is InChI=1S/C20H23ClF3N5O2S/c21-15-10-14(20(22,23)24)11-25-17(15)29-8-6-28(7-9-29)16(30)12-32-19-27-26-18(31-19)13-4-2-1-3-5-13/h10-11,13H,1-9,12H2. The fraction of sp³-hybridized carbons (Fsp3) is 0.600. The summed E-state index contributed by atoms with van der Waals surface area (Å²) in [5.41, 5.74) is -0.884. The lowest BCUT2D eigenvalue weighted by molar-refractivity contribution is -0.137. The topological polar surface area (TPSA) is 75.4 Å². The maximum absolute atomic E-state index is 12.8. The molecule has 1 saturated heterocycles. The predicted molar refractivity (Wildman–Crippen MR) is 114 cm³/mol. The van der Waals surface area contributed by atoms with Crippen molar-refractivity contribution in [3.63, 3.8) is 0 Å². The van der Waals surface area contributed by atoms with Gasteiger partial charge in [-0.2, -0.15) is 13.2 Å². The van der Waals surface area contributed by atoms with Gasteiger partial charge in [0.1, 0.15) is 5.82 Å². The molecule has 4 rings (SSSR count). The fourth-order valence-electron chi connectivity index (χ4n) is 3.99. The number of anilines is 1. The molecule has 2 fully saturated rings. The van der Waals surface area contributed by atoms with Crippen LogP contribution < -0.4 is 4.90 Å². The number of thioether (sulfide) groups is 1. The van der Waals surface area contributed by atoms with Gasteiger partial charge in [-0.05, 0) is 18.9 Å². The minimum absolute atomic E-state index is 0.0553. The second kappa shape index (κ2) is 9.86. The third kappa shape index (κ3) is 5.48. The Hall–Kier alpha value is -2.01. The normalized spacial score (nSPS) is 18.2. The van der Waals surface area contributed by atoms with Crippen LogP contribution in [0.3, 0.4) is 0 Å². The summed E-state index contributed by atoms with van der Waals surface area (Å²) < 4.78 is 44.1. The lowest BCUT2D eigenvalue weighted by atomic mass is 9.89. The monoisotopic (exact) mass is 489 g/mol. The van der Waals surface area contributed by atoms with Crippen LogP contribution in [0.2, 0.25) is 5.02 Å². The van der Waals surface area contributed by atoms with E-state index in [1.165, 1.54) is 31.0 Å². The van der Waals surface area contributed by atoms with Gasteiger partial charge in [0.2, 0.25) is 11.8 Å². The van der Waals surface area contributed by atoms with Crippen molar-refractivity contribution in [2.75, 3.05) is 36.8 Å². The van der Waals surface area contributed by atoms with Crippen LogP contribution in [-0.4, -0.2) is 57.9 Å². The van der Waals surface area contributed by atoms with Crippen molar-refractivity contribution in [1.82, 2.24) is 20.1 Å². The Bertz CT molecular complexity index is 944. The van der Waals surface area contributed by atoms with Crippen molar-refractivity contribution in [1.29, 1.82) is 0 Å². The zero-order valence-corrected chi connectivity index (χ0v) is 18.8.